The predicted octanol–water partition coefficient (Wildman–Crippen LogP) is 4.01. The van der Waals surface area contributed by atoms with Crippen molar-refractivity contribution in [3.63, 3.8) is 0 Å². The van der Waals surface area contributed by atoms with E-state index in [4.69, 9.17) is 5.26 Å². The van der Waals surface area contributed by atoms with Crippen LogP contribution in [-0.2, 0) is 6.54 Å². The van der Waals surface area contributed by atoms with Crippen LogP contribution in [0.5, 0.6) is 0 Å². The second-order valence-electron chi connectivity index (χ2n) is 4.90. The molecule has 98 valence electrons. The standard InChI is InChI=1S/C16H24N2/c1-3-4-5-6-9-14(2)18-13-16-11-8-7-10-15(16)12-17/h7-8,10-11,14,18H,3-6,9,13H2,1-2H3. The van der Waals surface area contributed by atoms with Crippen molar-refractivity contribution in [2.75, 3.05) is 0 Å². The molecule has 2 heteroatoms. The molecule has 2 nitrogen and oxygen atoms in total. The normalized spacial score (nSPS) is 12.1. The van der Waals surface area contributed by atoms with Crippen molar-refractivity contribution in [2.24, 2.45) is 0 Å². The molecule has 18 heavy (non-hydrogen) atoms. The van der Waals surface area contributed by atoms with Crippen LogP contribution >= 0.6 is 0 Å². The van der Waals surface area contributed by atoms with Gasteiger partial charge in [0.1, 0.15) is 0 Å². The largest absolute Gasteiger partial charge is 0.310 e. The van der Waals surface area contributed by atoms with Crippen LogP contribution in [0.4, 0.5) is 0 Å². The molecule has 1 unspecified atom stereocenters. The lowest BCUT2D eigenvalue weighted by molar-refractivity contribution is 0.482. The molecular weight excluding hydrogens is 220 g/mol. The van der Waals surface area contributed by atoms with E-state index < -0.39 is 0 Å². The van der Waals surface area contributed by atoms with Crippen LogP contribution in [0.15, 0.2) is 24.3 Å². The number of benzene rings is 1. The molecule has 1 atom stereocenters. The van der Waals surface area contributed by atoms with E-state index in [2.05, 4.69) is 25.2 Å². The Balaban J connectivity index is 2.29. The Hall–Kier alpha value is -1.33. The van der Waals surface area contributed by atoms with Crippen LogP contribution in [0.1, 0.15) is 57.1 Å². The number of nitrogens with zero attached hydrogens (tertiary/aromatic N) is 1. The fraction of sp³-hybridized carbons (Fsp3) is 0.562. The summed E-state index contributed by atoms with van der Waals surface area (Å²) in [6.07, 6.45) is 6.47. The Kier molecular flexibility index (Phi) is 7.13. The predicted molar refractivity (Wildman–Crippen MR) is 76.2 cm³/mol. The lowest BCUT2D eigenvalue weighted by Gasteiger charge is -2.14. The zero-order valence-corrected chi connectivity index (χ0v) is 11.6. The topological polar surface area (TPSA) is 35.8 Å². The van der Waals surface area contributed by atoms with E-state index in [1.165, 1.54) is 32.1 Å². The van der Waals surface area contributed by atoms with E-state index in [0.29, 0.717) is 6.04 Å². The Labute approximate surface area is 111 Å². The van der Waals surface area contributed by atoms with Crippen LogP contribution in [-0.4, -0.2) is 6.04 Å². The maximum atomic E-state index is 9.01. The van der Waals surface area contributed by atoms with E-state index in [0.717, 1.165) is 17.7 Å². The van der Waals surface area contributed by atoms with Crippen molar-refractivity contribution >= 4 is 0 Å². The van der Waals surface area contributed by atoms with Gasteiger partial charge in [0.25, 0.3) is 0 Å². The zero-order chi connectivity index (χ0) is 13.2. The maximum absolute atomic E-state index is 9.01. The smallest absolute Gasteiger partial charge is 0.0995 e. The van der Waals surface area contributed by atoms with Crippen molar-refractivity contribution < 1.29 is 0 Å². The van der Waals surface area contributed by atoms with Crippen molar-refractivity contribution in [1.82, 2.24) is 5.32 Å². The van der Waals surface area contributed by atoms with Gasteiger partial charge in [0.15, 0.2) is 0 Å². The fourth-order valence-electron chi connectivity index (χ4n) is 2.05. The highest BCUT2D eigenvalue weighted by Crippen LogP contribution is 2.09. The molecule has 0 spiro atoms. The van der Waals surface area contributed by atoms with Crippen LogP contribution in [0, 0.1) is 11.3 Å². The third kappa shape index (κ3) is 5.33. The highest BCUT2D eigenvalue weighted by Gasteiger charge is 2.04. The van der Waals surface area contributed by atoms with Gasteiger partial charge in [-0.3, -0.25) is 0 Å². The van der Waals surface area contributed by atoms with E-state index in [1.54, 1.807) is 0 Å². The maximum Gasteiger partial charge on any atom is 0.0995 e. The molecule has 0 aliphatic heterocycles. The van der Waals surface area contributed by atoms with E-state index in [1.807, 2.05) is 24.3 Å². The molecule has 1 rings (SSSR count). The quantitative estimate of drug-likeness (QED) is 0.701. The average Bonchev–Trinajstić information content (AvgIpc) is 2.41. The first kappa shape index (κ1) is 14.7. The second-order valence-corrected chi connectivity index (χ2v) is 4.90. The molecule has 0 aliphatic carbocycles. The van der Waals surface area contributed by atoms with Crippen LogP contribution in [0.25, 0.3) is 0 Å². The summed E-state index contributed by atoms with van der Waals surface area (Å²) in [6, 6.07) is 10.6. The van der Waals surface area contributed by atoms with Gasteiger partial charge in [0.2, 0.25) is 0 Å². The fourth-order valence-corrected chi connectivity index (χ4v) is 2.05. The van der Waals surface area contributed by atoms with Gasteiger partial charge in [-0.25, -0.2) is 0 Å². The number of nitrogens with one attached hydrogen (secondary N) is 1. The molecule has 1 N–H and O–H groups in total. The summed E-state index contributed by atoms with van der Waals surface area (Å²) < 4.78 is 0. The number of rotatable bonds is 8. The van der Waals surface area contributed by atoms with Gasteiger partial charge in [-0.15, -0.1) is 0 Å². The number of hydrogen-bond acceptors (Lipinski definition) is 2. The monoisotopic (exact) mass is 244 g/mol. The van der Waals surface area contributed by atoms with E-state index in [-0.39, 0.29) is 0 Å². The van der Waals surface area contributed by atoms with Gasteiger partial charge in [0, 0.05) is 12.6 Å². The third-order valence-corrected chi connectivity index (χ3v) is 3.27. The molecular formula is C16H24N2. The molecule has 0 fully saturated rings. The molecule has 0 amide bonds. The molecule has 1 aromatic rings. The number of hydrogen-bond donors (Lipinski definition) is 1. The first-order valence-corrected chi connectivity index (χ1v) is 6.99. The average molecular weight is 244 g/mol. The SMILES string of the molecule is CCCCCCC(C)NCc1ccccc1C#N. The lowest BCUT2D eigenvalue weighted by atomic mass is 10.1. The Morgan fingerprint density at radius 1 is 1.22 bits per heavy atom. The van der Waals surface area contributed by atoms with Crippen LogP contribution in [0.2, 0.25) is 0 Å². The van der Waals surface area contributed by atoms with Crippen molar-refractivity contribution in [2.45, 2.75) is 58.5 Å². The molecule has 0 radical (unpaired) electrons. The molecule has 0 aromatic heterocycles. The highest BCUT2D eigenvalue weighted by atomic mass is 14.9. The first-order valence-electron chi connectivity index (χ1n) is 6.99. The molecule has 0 bridgehead atoms. The summed E-state index contributed by atoms with van der Waals surface area (Å²) in [7, 11) is 0. The summed E-state index contributed by atoms with van der Waals surface area (Å²) in [4.78, 5) is 0. The number of nitriles is 1. The summed E-state index contributed by atoms with van der Waals surface area (Å²) in [6.45, 7) is 5.25. The van der Waals surface area contributed by atoms with Crippen molar-refractivity contribution in [1.29, 1.82) is 5.26 Å². The summed E-state index contributed by atoms with van der Waals surface area (Å²) in [5, 5.41) is 12.5. The molecule has 0 saturated heterocycles. The van der Waals surface area contributed by atoms with Crippen LogP contribution < -0.4 is 5.32 Å². The molecule has 1 aromatic carbocycles. The summed E-state index contributed by atoms with van der Waals surface area (Å²) in [5.41, 5.74) is 1.88. The molecule has 0 aliphatic rings. The Morgan fingerprint density at radius 3 is 2.72 bits per heavy atom. The van der Waals surface area contributed by atoms with Crippen molar-refractivity contribution in [3.8, 4) is 6.07 Å². The number of unbranched alkanes of at least 4 members (excludes halogenated alkanes) is 3. The molecule has 0 heterocycles. The van der Waals surface area contributed by atoms with Gasteiger partial charge in [-0.05, 0) is 25.0 Å². The van der Waals surface area contributed by atoms with Crippen LogP contribution in [0.3, 0.4) is 0 Å². The third-order valence-electron chi connectivity index (χ3n) is 3.27. The zero-order valence-electron chi connectivity index (χ0n) is 11.6. The first-order chi connectivity index (χ1) is 8.77. The van der Waals surface area contributed by atoms with Gasteiger partial charge in [0.05, 0.1) is 11.6 Å². The van der Waals surface area contributed by atoms with E-state index >= 15 is 0 Å². The van der Waals surface area contributed by atoms with E-state index in [9.17, 15) is 0 Å². The van der Waals surface area contributed by atoms with Gasteiger partial charge < -0.3 is 5.32 Å². The summed E-state index contributed by atoms with van der Waals surface area (Å²) >= 11 is 0. The minimum atomic E-state index is 0.522. The Morgan fingerprint density at radius 2 is 2.00 bits per heavy atom. The van der Waals surface area contributed by atoms with Crippen molar-refractivity contribution in [3.05, 3.63) is 35.4 Å². The Bertz CT molecular complexity index is 379. The minimum Gasteiger partial charge on any atom is -0.310 e. The minimum absolute atomic E-state index is 0.522. The lowest BCUT2D eigenvalue weighted by Crippen LogP contribution is -2.25. The second kappa shape index (κ2) is 8.72. The van der Waals surface area contributed by atoms with Gasteiger partial charge in [-0.1, -0.05) is 50.8 Å². The highest BCUT2D eigenvalue weighted by molar-refractivity contribution is 5.37. The van der Waals surface area contributed by atoms with Gasteiger partial charge >= 0.3 is 0 Å². The van der Waals surface area contributed by atoms with Gasteiger partial charge in [-0.2, -0.15) is 5.26 Å². The molecule has 0 saturated carbocycles. The summed E-state index contributed by atoms with van der Waals surface area (Å²) in [5.74, 6) is 0.